The Kier molecular flexibility index (Phi) is 6.05. The Morgan fingerprint density at radius 3 is 2.48 bits per heavy atom. The number of hydrogen-bond donors (Lipinski definition) is 2. The van der Waals surface area contributed by atoms with E-state index >= 15 is 0 Å². The molecule has 166 valence electrons. The highest BCUT2D eigenvalue weighted by molar-refractivity contribution is 6.33. The van der Waals surface area contributed by atoms with Gasteiger partial charge in [-0.15, -0.1) is 0 Å². The molecule has 0 radical (unpaired) electrons. The van der Waals surface area contributed by atoms with E-state index in [0.717, 1.165) is 6.07 Å². The van der Waals surface area contributed by atoms with E-state index in [1.54, 1.807) is 54.6 Å². The number of nitrogens with zero attached hydrogens (tertiary/aromatic N) is 2. The number of nitro groups is 1. The summed E-state index contributed by atoms with van der Waals surface area (Å²) >= 11 is 5.88. The summed E-state index contributed by atoms with van der Waals surface area (Å²) in [7, 11) is 0. The molecule has 0 saturated heterocycles. The van der Waals surface area contributed by atoms with Crippen molar-refractivity contribution in [3.05, 3.63) is 93.5 Å². The number of amides is 3. The Labute approximate surface area is 193 Å². The number of hydrogen-bond acceptors (Lipinski definition) is 5. The van der Waals surface area contributed by atoms with E-state index in [1.165, 1.54) is 17.0 Å². The van der Waals surface area contributed by atoms with Gasteiger partial charge in [-0.05, 0) is 36.4 Å². The minimum atomic E-state index is -1.18. The standard InChI is InChI=1S/C23H17ClN4O5/c24-16-11-10-14(12-19(16)28(32)33)23(31)27-18-9-5-4-8-17(18)26-22(30)20(27)13-21(29)25-15-6-2-1-3-7-15/h1-12,20H,13H2,(H,25,29)(H,26,30). The Morgan fingerprint density at radius 1 is 1.06 bits per heavy atom. The molecule has 0 fully saturated rings. The van der Waals surface area contributed by atoms with Crippen LogP contribution in [0, 0.1) is 10.1 Å². The maximum Gasteiger partial charge on any atom is 0.288 e. The number of halogens is 1. The monoisotopic (exact) mass is 464 g/mol. The molecule has 1 atom stereocenters. The van der Waals surface area contributed by atoms with Gasteiger partial charge in [0, 0.05) is 17.3 Å². The molecule has 2 N–H and O–H groups in total. The van der Waals surface area contributed by atoms with Gasteiger partial charge in [0.05, 0.1) is 22.7 Å². The number of carbonyl (C=O) groups is 3. The van der Waals surface area contributed by atoms with Crippen molar-refractivity contribution in [1.29, 1.82) is 0 Å². The van der Waals surface area contributed by atoms with Crippen molar-refractivity contribution in [3.63, 3.8) is 0 Å². The highest BCUT2D eigenvalue weighted by Gasteiger charge is 2.39. The second-order valence-electron chi connectivity index (χ2n) is 7.24. The molecule has 10 heteroatoms. The number of carbonyl (C=O) groups excluding carboxylic acids is 3. The lowest BCUT2D eigenvalue weighted by molar-refractivity contribution is -0.384. The van der Waals surface area contributed by atoms with E-state index in [4.69, 9.17) is 11.6 Å². The van der Waals surface area contributed by atoms with Crippen molar-refractivity contribution in [1.82, 2.24) is 0 Å². The first-order valence-corrected chi connectivity index (χ1v) is 10.3. The summed E-state index contributed by atoms with van der Waals surface area (Å²) in [5, 5.41) is 16.6. The van der Waals surface area contributed by atoms with Gasteiger partial charge in [0.1, 0.15) is 11.1 Å². The molecule has 1 unspecified atom stereocenters. The molecule has 3 amide bonds. The summed E-state index contributed by atoms with van der Waals surface area (Å²) in [5.41, 5.74) is 0.835. The Bertz CT molecular complexity index is 1260. The molecule has 4 rings (SSSR count). The molecule has 1 heterocycles. The zero-order chi connectivity index (χ0) is 23.5. The predicted molar refractivity (Wildman–Crippen MR) is 123 cm³/mol. The van der Waals surface area contributed by atoms with Gasteiger partial charge < -0.3 is 10.6 Å². The van der Waals surface area contributed by atoms with E-state index in [9.17, 15) is 24.5 Å². The Balaban J connectivity index is 1.70. The molecule has 9 nitrogen and oxygen atoms in total. The van der Waals surface area contributed by atoms with Gasteiger partial charge >= 0.3 is 0 Å². The lowest BCUT2D eigenvalue weighted by Gasteiger charge is -2.36. The molecule has 3 aromatic rings. The number of rotatable bonds is 5. The molecule has 0 aliphatic carbocycles. The molecule has 1 aliphatic heterocycles. The van der Waals surface area contributed by atoms with Crippen LogP contribution in [0.15, 0.2) is 72.8 Å². The molecular weight excluding hydrogens is 448 g/mol. The first-order chi connectivity index (χ1) is 15.8. The van der Waals surface area contributed by atoms with E-state index < -0.39 is 34.4 Å². The first kappa shape index (κ1) is 22.0. The quantitative estimate of drug-likeness (QED) is 0.432. The minimum Gasteiger partial charge on any atom is -0.326 e. The summed E-state index contributed by atoms with van der Waals surface area (Å²) < 4.78 is 0. The van der Waals surface area contributed by atoms with Crippen molar-refractivity contribution in [3.8, 4) is 0 Å². The Morgan fingerprint density at radius 2 is 1.76 bits per heavy atom. The number of anilines is 3. The van der Waals surface area contributed by atoms with Crippen LogP contribution >= 0.6 is 11.6 Å². The average Bonchev–Trinajstić information content (AvgIpc) is 2.80. The number of nitrogens with one attached hydrogen (secondary N) is 2. The molecule has 3 aromatic carbocycles. The fourth-order valence-electron chi connectivity index (χ4n) is 3.56. The van der Waals surface area contributed by atoms with Crippen LogP contribution in [-0.2, 0) is 9.59 Å². The maximum absolute atomic E-state index is 13.5. The number of nitro benzene ring substituents is 1. The maximum atomic E-state index is 13.5. The zero-order valence-corrected chi connectivity index (χ0v) is 17.8. The normalized spacial score (nSPS) is 14.8. The molecule has 33 heavy (non-hydrogen) atoms. The lowest BCUT2D eigenvalue weighted by Crippen LogP contribution is -2.52. The third-order valence-corrected chi connectivity index (χ3v) is 5.40. The largest absolute Gasteiger partial charge is 0.326 e. The van der Waals surface area contributed by atoms with Gasteiger partial charge in [0.25, 0.3) is 11.6 Å². The van der Waals surface area contributed by atoms with E-state index in [2.05, 4.69) is 10.6 Å². The van der Waals surface area contributed by atoms with Gasteiger partial charge in [-0.3, -0.25) is 29.4 Å². The molecule has 0 aromatic heterocycles. The fourth-order valence-corrected chi connectivity index (χ4v) is 3.75. The second kappa shape index (κ2) is 9.09. The van der Waals surface area contributed by atoms with Crippen LogP contribution in [-0.4, -0.2) is 28.7 Å². The summed E-state index contributed by atoms with van der Waals surface area (Å²) in [5.74, 6) is -1.69. The van der Waals surface area contributed by atoms with Gasteiger partial charge in [0.2, 0.25) is 11.8 Å². The van der Waals surface area contributed by atoms with Gasteiger partial charge in [-0.2, -0.15) is 0 Å². The van der Waals surface area contributed by atoms with E-state index in [0.29, 0.717) is 17.1 Å². The van der Waals surface area contributed by atoms with Gasteiger partial charge in [-0.1, -0.05) is 41.9 Å². The summed E-state index contributed by atoms with van der Waals surface area (Å²) in [6, 6.07) is 17.8. The number of benzene rings is 3. The molecular formula is C23H17ClN4O5. The summed E-state index contributed by atoms with van der Waals surface area (Å²) in [4.78, 5) is 50.9. The van der Waals surface area contributed by atoms with Gasteiger partial charge in [-0.25, -0.2) is 0 Å². The number of para-hydroxylation sites is 3. The summed E-state index contributed by atoms with van der Waals surface area (Å²) in [6.45, 7) is 0. The topological polar surface area (TPSA) is 122 Å². The lowest BCUT2D eigenvalue weighted by atomic mass is 10.0. The van der Waals surface area contributed by atoms with E-state index in [-0.39, 0.29) is 17.0 Å². The third kappa shape index (κ3) is 4.53. The van der Waals surface area contributed by atoms with Crippen molar-refractivity contribution in [2.75, 3.05) is 15.5 Å². The van der Waals surface area contributed by atoms with Crippen LogP contribution in [0.3, 0.4) is 0 Å². The van der Waals surface area contributed by atoms with Gasteiger partial charge in [0.15, 0.2) is 0 Å². The van der Waals surface area contributed by atoms with Crippen LogP contribution in [0.1, 0.15) is 16.8 Å². The minimum absolute atomic E-state index is 0.0379. The van der Waals surface area contributed by atoms with Crippen LogP contribution in [0.5, 0.6) is 0 Å². The smallest absolute Gasteiger partial charge is 0.288 e. The van der Waals surface area contributed by atoms with Crippen molar-refractivity contribution < 1.29 is 19.3 Å². The summed E-state index contributed by atoms with van der Waals surface area (Å²) in [6.07, 6.45) is -0.323. The van der Waals surface area contributed by atoms with Crippen LogP contribution < -0.4 is 15.5 Å². The third-order valence-electron chi connectivity index (χ3n) is 5.08. The SMILES string of the molecule is O=C(CC1C(=O)Nc2ccccc2N1C(=O)c1ccc(Cl)c([N+](=O)[O-])c1)Nc1ccccc1. The molecule has 0 spiro atoms. The average molecular weight is 465 g/mol. The predicted octanol–water partition coefficient (Wildman–Crippen LogP) is 4.24. The molecule has 0 bridgehead atoms. The highest BCUT2D eigenvalue weighted by atomic mass is 35.5. The van der Waals surface area contributed by atoms with Crippen molar-refractivity contribution in [2.45, 2.75) is 12.5 Å². The van der Waals surface area contributed by atoms with Crippen LogP contribution in [0.4, 0.5) is 22.7 Å². The number of fused-ring (bicyclic) bond motifs is 1. The first-order valence-electron chi connectivity index (χ1n) is 9.87. The zero-order valence-electron chi connectivity index (χ0n) is 17.0. The van der Waals surface area contributed by atoms with Crippen LogP contribution in [0.2, 0.25) is 5.02 Å². The van der Waals surface area contributed by atoms with Crippen molar-refractivity contribution in [2.24, 2.45) is 0 Å². The fraction of sp³-hybridized carbons (Fsp3) is 0.0870. The Hall–Kier alpha value is -4.24. The second-order valence-corrected chi connectivity index (χ2v) is 7.65. The van der Waals surface area contributed by atoms with Crippen molar-refractivity contribution >= 4 is 52.1 Å². The van der Waals surface area contributed by atoms with E-state index in [1.807, 2.05) is 0 Å². The highest BCUT2D eigenvalue weighted by Crippen LogP contribution is 2.35. The molecule has 1 aliphatic rings. The molecule has 0 saturated carbocycles. The van der Waals surface area contributed by atoms with Crippen LogP contribution in [0.25, 0.3) is 0 Å².